The van der Waals surface area contributed by atoms with Crippen LogP contribution in [0.15, 0.2) is 35.9 Å². The first-order valence-corrected chi connectivity index (χ1v) is 11.7. The second-order valence-corrected chi connectivity index (χ2v) is 8.95. The van der Waals surface area contributed by atoms with Crippen LogP contribution in [0, 0.1) is 17.8 Å². The fraction of sp³-hybridized carbons (Fsp3) is 0.692. The van der Waals surface area contributed by atoms with E-state index in [4.69, 9.17) is 4.74 Å². The van der Waals surface area contributed by atoms with E-state index in [1.165, 1.54) is 82.6 Å². The van der Waals surface area contributed by atoms with Crippen LogP contribution in [0.4, 0.5) is 0 Å². The highest BCUT2D eigenvalue weighted by Crippen LogP contribution is 2.36. The van der Waals surface area contributed by atoms with Crippen LogP contribution in [0.1, 0.15) is 90.0 Å². The molecule has 1 fully saturated rings. The molecule has 1 nitrogen and oxygen atoms in total. The molecule has 0 aliphatic heterocycles. The molecule has 2 aliphatic carbocycles. The molecule has 2 aliphatic rings. The van der Waals surface area contributed by atoms with Crippen LogP contribution in [0.2, 0.25) is 0 Å². The summed E-state index contributed by atoms with van der Waals surface area (Å²) >= 11 is 0. The van der Waals surface area contributed by atoms with E-state index in [1.54, 1.807) is 5.57 Å². The average Bonchev–Trinajstić information content (AvgIpc) is 2.73. The van der Waals surface area contributed by atoms with E-state index < -0.39 is 0 Å². The van der Waals surface area contributed by atoms with E-state index in [-0.39, 0.29) is 0 Å². The van der Waals surface area contributed by atoms with Crippen molar-refractivity contribution in [3.05, 3.63) is 41.5 Å². The Morgan fingerprint density at radius 2 is 1.52 bits per heavy atom. The van der Waals surface area contributed by atoms with Gasteiger partial charge in [-0.25, -0.2) is 0 Å². The first kappa shape index (κ1) is 20.5. The maximum atomic E-state index is 5.53. The lowest BCUT2D eigenvalue weighted by Crippen LogP contribution is -2.15. The minimum Gasteiger partial charge on any atom is -0.494 e. The van der Waals surface area contributed by atoms with Gasteiger partial charge >= 0.3 is 0 Å². The Kier molecular flexibility index (Phi) is 8.30. The van der Waals surface area contributed by atoms with Crippen LogP contribution in [-0.2, 0) is 6.42 Å². The minimum absolute atomic E-state index is 0.743. The molecule has 0 heterocycles. The van der Waals surface area contributed by atoms with E-state index in [0.29, 0.717) is 0 Å². The van der Waals surface area contributed by atoms with Crippen LogP contribution in [0.5, 0.6) is 5.75 Å². The van der Waals surface area contributed by atoms with Gasteiger partial charge in [-0.15, -0.1) is 0 Å². The first-order valence-electron chi connectivity index (χ1n) is 11.7. The predicted octanol–water partition coefficient (Wildman–Crippen LogP) is 7.74. The van der Waals surface area contributed by atoms with Crippen LogP contribution < -0.4 is 4.74 Å². The molecular weight excluding hydrogens is 328 g/mol. The number of hydrogen-bond acceptors (Lipinski definition) is 1. The topological polar surface area (TPSA) is 9.23 Å². The van der Waals surface area contributed by atoms with Gasteiger partial charge in [-0.2, -0.15) is 0 Å². The lowest BCUT2D eigenvalue weighted by atomic mass is 9.76. The van der Waals surface area contributed by atoms with Crippen LogP contribution in [-0.4, -0.2) is 6.61 Å². The summed E-state index contributed by atoms with van der Waals surface area (Å²) in [7, 11) is 0. The molecule has 0 bridgehead atoms. The first-order chi connectivity index (χ1) is 13.3. The molecule has 1 saturated carbocycles. The number of allylic oxidation sites excluding steroid dienone is 2. The second-order valence-electron chi connectivity index (χ2n) is 8.95. The summed E-state index contributed by atoms with van der Waals surface area (Å²) in [6.07, 6.45) is 19.5. The average molecular weight is 369 g/mol. The fourth-order valence-electron chi connectivity index (χ4n) is 5.06. The van der Waals surface area contributed by atoms with Crippen molar-refractivity contribution in [2.24, 2.45) is 17.8 Å². The summed E-state index contributed by atoms with van der Waals surface area (Å²) in [5.41, 5.74) is 3.13. The number of rotatable bonds is 9. The number of ether oxygens (including phenoxy) is 1. The van der Waals surface area contributed by atoms with Crippen molar-refractivity contribution in [1.29, 1.82) is 0 Å². The molecule has 27 heavy (non-hydrogen) atoms. The molecule has 1 atom stereocenters. The Morgan fingerprint density at radius 3 is 2.15 bits per heavy atom. The molecule has 150 valence electrons. The predicted molar refractivity (Wildman–Crippen MR) is 116 cm³/mol. The SMILES string of the molecule is CCOc1ccc(CCC2=CCC(CCC3CCC(CC)CC3)CC2)cc1. The third kappa shape index (κ3) is 6.70. The van der Waals surface area contributed by atoms with Gasteiger partial charge in [-0.05, 0) is 80.9 Å². The van der Waals surface area contributed by atoms with E-state index in [9.17, 15) is 0 Å². The zero-order valence-electron chi connectivity index (χ0n) is 17.7. The quantitative estimate of drug-likeness (QED) is 0.405. The van der Waals surface area contributed by atoms with E-state index in [2.05, 4.69) is 37.3 Å². The molecule has 1 unspecified atom stereocenters. The van der Waals surface area contributed by atoms with Crippen molar-refractivity contribution in [3.63, 3.8) is 0 Å². The summed E-state index contributed by atoms with van der Waals surface area (Å²) < 4.78 is 5.53. The Morgan fingerprint density at radius 1 is 0.815 bits per heavy atom. The summed E-state index contributed by atoms with van der Waals surface area (Å²) in [5.74, 6) is 4.03. The van der Waals surface area contributed by atoms with Gasteiger partial charge in [-0.3, -0.25) is 0 Å². The van der Waals surface area contributed by atoms with Gasteiger partial charge in [0.2, 0.25) is 0 Å². The highest BCUT2D eigenvalue weighted by molar-refractivity contribution is 5.28. The Labute approximate surface area is 167 Å². The molecule has 0 aromatic heterocycles. The lowest BCUT2D eigenvalue weighted by Gasteiger charge is -2.29. The monoisotopic (exact) mass is 368 g/mol. The third-order valence-corrected chi connectivity index (χ3v) is 7.11. The van der Waals surface area contributed by atoms with Gasteiger partial charge in [0.05, 0.1) is 6.61 Å². The molecule has 3 rings (SSSR count). The van der Waals surface area contributed by atoms with E-state index in [0.717, 1.165) is 30.1 Å². The van der Waals surface area contributed by atoms with Gasteiger partial charge in [0.15, 0.2) is 0 Å². The van der Waals surface area contributed by atoms with Crippen molar-refractivity contribution >= 4 is 0 Å². The molecule has 1 aromatic rings. The fourth-order valence-corrected chi connectivity index (χ4v) is 5.06. The van der Waals surface area contributed by atoms with Crippen LogP contribution in [0.3, 0.4) is 0 Å². The molecule has 0 saturated heterocycles. The molecule has 1 heteroatoms. The zero-order chi connectivity index (χ0) is 18.9. The smallest absolute Gasteiger partial charge is 0.119 e. The second kappa shape index (κ2) is 10.9. The van der Waals surface area contributed by atoms with Crippen molar-refractivity contribution in [2.75, 3.05) is 6.61 Å². The molecule has 0 spiro atoms. The number of benzene rings is 1. The van der Waals surface area contributed by atoms with Gasteiger partial charge in [0.1, 0.15) is 5.75 Å². The van der Waals surface area contributed by atoms with E-state index >= 15 is 0 Å². The summed E-state index contributed by atoms with van der Waals surface area (Å²) in [6, 6.07) is 8.67. The van der Waals surface area contributed by atoms with Gasteiger partial charge in [-0.1, -0.05) is 69.2 Å². The molecule has 0 amide bonds. The van der Waals surface area contributed by atoms with Crippen molar-refractivity contribution in [3.8, 4) is 5.75 Å². The Balaban J connectivity index is 1.33. The maximum Gasteiger partial charge on any atom is 0.119 e. The number of hydrogen-bond donors (Lipinski definition) is 0. The van der Waals surface area contributed by atoms with Gasteiger partial charge in [0, 0.05) is 0 Å². The van der Waals surface area contributed by atoms with Gasteiger partial charge < -0.3 is 4.74 Å². The molecule has 1 aromatic carbocycles. The zero-order valence-corrected chi connectivity index (χ0v) is 17.7. The van der Waals surface area contributed by atoms with Crippen molar-refractivity contribution < 1.29 is 4.74 Å². The normalized spacial score (nSPS) is 25.9. The highest BCUT2D eigenvalue weighted by atomic mass is 16.5. The van der Waals surface area contributed by atoms with E-state index in [1.807, 2.05) is 6.92 Å². The van der Waals surface area contributed by atoms with Crippen LogP contribution in [0.25, 0.3) is 0 Å². The molecule has 0 N–H and O–H groups in total. The third-order valence-electron chi connectivity index (χ3n) is 7.11. The summed E-state index contributed by atoms with van der Waals surface area (Å²) in [6.45, 7) is 5.15. The van der Waals surface area contributed by atoms with Crippen LogP contribution >= 0.6 is 0 Å². The lowest BCUT2D eigenvalue weighted by molar-refractivity contribution is 0.241. The maximum absolute atomic E-state index is 5.53. The summed E-state index contributed by atoms with van der Waals surface area (Å²) in [4.78, 5) is 0. The largest absolute Gasteiger partial charge is 0.494 e. The minimum atomic E-state index is 0.743. The van der Waals surface area contributed by atoms with Crippen molar-refractivity contribution in [1.82, 2.24) is 0 Å². The van der Waals surface area contributed by atoms with Crippen molar-refractivity contribution in [2.45, 2.75) is 90.9 Å². The Bertz CT molecular complexity index is 562. The summed E-state index contributed by atoms with van der Waals surface area (Å²) in [5, 5.41) is 0. The highest BCUT2D eigenvalue weighted by Gasteiger charge is 2.21. The molecule has 0 radical (unpaired) electrons. The number of aryl methyl sites for hydroxylation is 1. The Hall–Kier alpha value is -1.24. The standard InChI is InChI=1S/C26H40O/c1-3-21-5-7-22(8-6-21)9-10-23-11-13-24(14-12-23)15-16-25-17-19-26(20-18-25)27-4-2/h13,17-23H,3-12,14-16H2,1-2H3. The van der Waals surface area contributed by atoms with Gasteiger partial charge in [0.25, 0.3) is 0 Å². The molecular formula is C26H40O.